The molecule has 104 valence electrons. The minimum Gasteiger partial charge on any atom is -0.348 e. The standard InChI is InChI=1S/C15H20BrNOS/c1-3-19-14-6-4-5-13(14)17-15(18)11-7-8-12(16)10(2)9-11/h7-9,13-14H,3-6H2,1-2H3,(H,17,18). The summed E-state index contributed by atoms with van der Waals surface area (Å²) < 4.78 is 1.05. The Balaban J connectivity index is 2.02. The number of thioether (sulfide) groups is 1. The lowest BCUT2D eigenvalue weighted by molar-refractivity contribution is 0.0938. The molecular weight excluding hydrogens is 322 g/mol. The van der Waals surface area contributed by atoms with Gasteiger partial charge in [0.25, 0.3) is 5.91 Å². The maximum atomic E-state index is 12.3. The molecule has 0 radical (unpaired) electrons. The van der Waals surface area contributed by atoms with Crippen molar-refractivity contribution in [2.24, 2.45) is 0 Å². The molecule has 2 atom stereocenters. The molecule has 1 aliphatic rings. The lowest BCUT2D eigenvalue weighted by Gasteiger charge is -2.20. The Hall–Kier alpha value is -0.480. The van der Waals surface area contributed by atoms with Crippen LogP contribution in [0.1, 0.15) is 42.1 Å². The molecule has 0 spiro atoms. The van der Waals surface area contributed by atoms with Crippen LogP contribution in [0.15, 0.2) is 22.7 Å². The normalized spacial score (nSPS) is 22.5. The number of rotatable bonds is 4. The zero-order chi connectivity index (χ0) is 13.8. The lowest BCUT2D eigenvalue weighted by atomic mass is 10.1. The molecule has 2 unspecified atom stereocenters. The van der Waals surface area contributed by atoms with E-state index >= 15 is 0 Å². The first-order valence-corrected chi connectivity index (χ1v) is 8.64. The molecule has 0 aromatic heterocycles. The highest BCUT2D eigenvalue weighted by Crippen LogP contribution is 2.30. The molecule has 0 saturated heterocycles. The number of hydrogen-bond donors (Lipinski definition) is 1. The Bertz CT molecular complexity index is 463. The topological polar surface area (TPSA) is 29.1 Å². The predicted molar refractivity (Wildman–Crippen MR) is 85.9 cm³/mol. The molecule has 1 amide bonds. The van der Waals surface area contributed by atoms with Crippen molar-refractivity contribution < 1.29 is 4.79 Å². The van der Waals surface area contributed by atoms with Crippen LogP contribution in [0, 0.1) is 6.92 Å². The van der Waals surface area contributed by atoms with Crippen molar-refractivity contribution in [1.29, 1.82) is 0 Å². The molecule has 2 rings (SSSR count). The van der Waals surface area contributed by atoms with Crippen molar-refractivity contribution in [3.63, 3.8) is 0 Å². The van der Waals surface area contributed by atoms with Gasteiger partial charge in [-0.05, 0) is 49.3 Å². The average Bonchev–Trinajstić information content (AvgIpc) is 2.80. The van der Waals surface area contributed by atoms with Crippen LogP contribution in [0.3, 0.4) is 0 Å². The van der Waals surface area contributed by atoms with E-state index in [9.17, 15) is 4.79 Å². The second-order valence-corrected chi connectivity index (χ2v) is 7.34. The molecule has 0 heterocycles. The Morgan fingerprint density at radius 1 is 1.47 bits per heavy atom. The Morgan fingerprint density at radius 2 is 2.26 bits per heavy atom. The van der Waals surface area contributed by atoms with E-state index in [1.807, 2.05) is 36.9 Å². The molecule has 19 heavy (non-hydrogen) atoms. The van der Waals surface area contributed by atoms with E-state index in [0.717, 1.165) is 27.8 Å². The number of carbonyl (C=O) groups is 1. The third-order valence-corrected chi connectivity index (χ3v) is 5.79. The van der Waals surface area contributed by atoms with Gasteiger partial charge in [0.2, 0.25) is 0 Å². The third-order valence-electron chi connectivity index (χ3n) is 3.57. The monoisotopic (exact) mass is 341 g/mol. The van der Waals surface area contributed by atoms with Crippen LogP contribution in [0.5, 0.6) is 0 Å². The summed E-state index contributed by atoms with van der Waals surface area (Å²) in [6.07, 6.45) is 3.56. The first-order chi connectivity index (χ1) is 9.11. The molecule has 1 aromatic rings. The Kier molecular flexibility index (Phi) is 5.34. The van der Waals surface area contributed by atoms with Crippen LogP contribution in [-0.4, -0.2) is 23.0 Å². The molecule has 0 bridgehead atoms. The number of amides is 1. The SMILES string of the molecule is CCSC1CCCC1NC(=O)c1ccc(Br)c(C)c1. The highest BCUT2D eigenvalue weighted by atomic mass is 79.9. The van der Waals surface area contributed by atoms with Gasteiger partial charge in [-0.3, -0.25) is 4.79 Å². The van der Waals surface area contributed by atoms with Crippen LogP contribution in [0.25, 0.3) is 0 Å². The predicted octanol–water partition coefficient (Wildman–Crippen LogP) is 4.16. The van der Waals surface area contributed by atoms with E-state index < -0.39 is 0 Å². The average molecular weight is 342 g/mol. The first-order valence-electron chi connectivity index (χ1n) is 6.80. The van der Waals surface area contributed by atoms with Gasteiger partial charge in [0.05, 0.1) is 0 Å². The van der Waals surface area contributed by atoms with Gasteiger partial charge in [-0.25, -0.2) is 0 Å². The van der Waals surface area contributed by atoms with Gasteiger partial charge in [0.15, 0.2) is 0 Å². The van der Waals surface area contributed by atoms with Crippen molar-refractivity contribution in [3.05, 3.63) is 33.8 Å². The van der Waals surface area contributed by atoms with Gasteiger partial charge in [-0.1, -0.05) is 29.3 Å². The molecule has 1 saturated carbocycles. The number of benzene rings is 1. The van der Waals surface area contributed by atoms with Crippen molar-refractivity contribution >= 4 is 33.6 Å². The van der Waals surface area contributed by atoms with Crippen LogP contribution >= 0.6 is 27.7 Å². The van der Waals surface area contributed by atoms with Crippen LogP contribution in [0.4, 0.5) is 0 Å². The van der Waals surface area contributed by atoms with Gasteiger partial charge in [-0.15, -0.1) is 0 Å². The van der Waals surface area contributed by atoms with Gasteiger partial charge in [-0.2, -0.15) is 11.8 Å². The fourth-order valence-corrected chi connectivity index (χ4v) is 3.99. The molecule has 1 N–H and O–H groups in total. The van der Waals surface area contributed by atoms with Crippen molar-refractivity contribution in [2.75, 3.05) is 5.75 Å². The largest absolute Gasteiger partial charge is 0.348 e. The molecule has 4 heteroatoms. The zero-order valence-corrected chi connectivity index (χ0v) is 13.8. The number of halogens is 1. The molecular formula is C15H20BrNOS. The summed E-state index contributed by atoms with van der Waals surface area (Å²) >= 11 is 5.43. The maximum Gasteiger partial charge on any atom is 0.251 e. The highest BCUT2D eigenvalue weighted by molar-refractivity contribution is 9.10. The quantitative estimate of drug-likeness (QED) is 0.890. The Labute approximate surface area is 127 Å². The third kappa shape index (κ3) is 3.76. The van der Waals surface area contributed by atoms with Gasteiger partial charge >= 0.3 is 0 Å². The summed E-state index contributed by atoms with van der Waals surface area (Å²) in [6, 6.07) is 6.10. The second-order valence-electron chi connectivity index (χ2n) is 4.97. The van der Waals surface area contributed by atoms with E-state index in [1.54, 1.807) is 0 Å². The molecule has 0 aliphatic heterocycles. The summed E-state index contributed by atoms with van der Waals surface area (Å²) in [7, 11) is 0. The zero-order valence-electron chi connectivity index (χ0n) is 11.4. The summed E-state index contributed by atoms with van der Waals surface area (Å²) in [6.45, 7) is 4.19. The van der Waals surface area contributed by atoms with Gasteiger partial charge < -0.3 is 5.32 Å². The van der Waals surface area contributed by atoms with Crippen molar-refractivity contribution in [2.45, 2.75) is 44.4 Å². The van der Waals surface area contributed by atoms with E-state index in [0.29, 0.717) is 11.3 Å². The van der Waals surface area contributed by atoms with E-state index in [1.165, 1.54) is 12.8 Å². The molecule has 1 fully saturated rings. The fraction of sp³-hybridized carbons (Fsp3) is 0.533. The number of aryl methyl sites for hydroxylation is 1. The van der Waals surface area contributed by atoms with E-state index in [-0.39, 0.29) is 5.91 Å². The summed E-state index contributed by atoms with van der Waals surface area (Å²) in [5.41, 5.74) is 1.85. The van der Waals surface area contributed by atoms with Crippen LogP contribution in [-0.2, 0) is 0 Å². The van der Waals surface area contributed by atoms with Gasteiger partial charge in [0, 0.05) is 21.3 Å². The van der Waals surface area contributed by atoms with Crippen molar-refractivity contribution in [1.82, 2.24) is 5.32 Å². The smallest absolute Gasteiger partial charge is 0.251 e. The van der Waals surface area contributed by atoms with Crippen molar-refractivity contribution in [3.8, 4) is 0 Å². The first kappa shape index (κ1) is 14.9. The highest BCUT2D eigenvalue weighted by Gasteiger charge is 2.28. The Morgan fingerprint density at radius 3 is 2.95 bits per heavy atom. The van der Waals surface area contributed by atoms with E-state index in [2.05, 4.69) is 28.2 Å². The minimum absolute atomic E-state index is 0.0594. The van der Waals surface area contributed by atoms with E-state index in [4.69, 9.17) is 0 Å². The molecule has 2 nitrogen and oxygen atoms in total. The molecule has 1 aromatic carbocycles. The number of nitrogens with one attached hydrogen (secondary N) is 1. The maximum absolute atomic E-state index is 12.3. The number of carbonyl (C=O) groups excluding carboxylic acids is 1. The summed E-state index contributed by atoms with van der Waals surface area (Å²) in [4.78, 5) is 12.3. The number of hydrogen-bond acceptors (Lipinski definition) is 2. The fourth-order valence-electron chi connectivity index (χ4n) is 2.54. The van der Waals surface area contributed by atoms with Gasteiger partial charge in [0.1, 0.15) is 0 Å². The lowest BCUT2D eigenvalue weighted by Crippen LogP contribution is -2.38. The van der Waals surface area contributed by atoms with Crippen LogP contribution in [0.2, 0.25) is 0 Å². The second kappa shape index (κ2) is 6.80. The molecule has 1 aliphatic carbocycles. The minimum atomic E-state index is 0.0594. The summed E-state index contributed by atoms with van der Waals surface area (Å²) in [5.74, 6) is 1.18. The summed E-state index contributed by atoms with van der Waals surface area (Å²) in [5, 5.41) is 3.79. The van der Waals surface area contributed by atoms with Crippen LogP contribution < -0.4 is 5.32 Å².